The van der Waals surface area contributed by atoms with Crippen LogP contribution in [0.15, 0.2) is 0 Å². The molecule has 0 aromatic rings. The van der Waals surface area contributed by atoms with Gasteiger partial charge in [0.25, 0.3) is 0 Å². The molecule has 3 nitrogen and oxygen atoms in total. The van der Waals surface area contributed by atoms with Crippen LogP contribution >= 0.6 is 11.8 Å². The van der Waals surface area contributed by atoms with Crippen molar-refractivity contribution in [2.24, 2.45) is 0 Å². The van der Waals surface area contributed by atoms with Gasteiger partial charge in [-0.1, -0.05) is 6.92 Å². The van der Waals surface area contributed by atoms with Crippen LogP contribution in [0.5, 0.6) is 0 Å². The van der Waals surface area contributed by atoms with E-state index in [1.54, 1.807) is 7.11 Å². The molecule has 1 N–H and O–H groups in total. The second-order valence-electron chi connectivity index (χ2n) is 5.39. The van der Waals surface area contributed by atoms with Crippen LogP contribution in [0.1, 0.15) is 27.2 Å². The summed E-state index contributed by atoms with van der Waals surface area (Å²) in [5.41, 5.74) is 0. The molecule has 0 aromatic heterocycles. The highest BCUT2D eigenvalue weighted by Crippen LogP contribution is 2.30. The smallest absolute Gasteiger partial charge is 0.0630 e. The van der Waals surface area contributed by atoms with Crippen molar-refractivity contribution in [1.82, 2.24) is 10.2 Å². The first kappa shape index (κ1) is 15.3. The number of nitrogens with zero attached hydrogens (tertiary/aromatic N) is 1. The number of hydrogen-bond acceptors (Lipinski definition) is 4. The van der Waals surface area contributed by atoms with Crippen molar-refractivity contribution in [2.45, 2.75) is 38.0 Å². The van der Waals surface area contributed by atoms with Gasteiger partial charge in [0.15, 0.2) is 0 Å². The molecule has 0 amide bonds. The maximum absolute atomic E-state index is 5.37. The van der Waals surface area contributed by atoms with E-state index in [2.05, 4.69) is 42.7 Å². The Morgan fingerprint density at radius 2 is 2.24 bits per heavy atom. The molecule has 0 aromatic carbocycles. The summed E-state index contributed by atoms with van der Waals surface area (Å²) in [6.45, 7) is 12.2. The summed E-state index contributed by atoms with van der Waals surface area (Å²) >= 11 is 2.09. The second kappa shape index (κ2) is 7.62. The lowest BCUT2D eigenvalue weighted by atomic mass is 10.1. The molecule has 102 valence electrons. The molecule has 1 aliphatic rings. The topological polar surface area (TPSA) is 24.5 Å². The summed E-state index contributed by atoms with van der Waals surface area (Å²) < 4.78 is 5.75. The fourth-order valence-corrected chi connectivity index (χ4v) is 3.43. The molecule has 17 heavy (non-hydrogen) atoms. The third-order valence-corrected chi connectivity index (χ3v) is 4.43. The maximum atomic E-state index is 5.37. The Bertz CT molecular complexity index is 212. The maximum Gasteiger partial charge on any atom is 0.0630 e. The minimum absolute atomic E-state index is 0.384. The zero-order valence-electron chi connectivity index (χ0n) is 11.8. The molecule has 0 spiro atoms. The highest BCUT2D eigenvalue weighted by Gasteiger charge is 2.30. The molecule has 0 aliphatic carbocycles. The van der Waals surface area contributed by atoms with Gasteiger partial charge in [0.1, 0.15) is 0 Å². The first-order valence-electron chi connectivity index (χ1n) is 6.66. The highest BCUT2D eigenvalue weighted by molar-refractivity contribution is 8.00. The van der Waals surface area contributed by atoms with E-state index < -0.39 is 0 Å². The van der Waals surface area contributed by atoms with E-state index >= 15 is 0 Å². The SMILES string of the molecule is CCCNCC(COC)N1CCSC(C)(C)C1. The molecular formula is C13H28N2OS. The van der Waals surface area contributed by atoms with E-state index in [0.717, 1.165) is 19.7 Å². The fraction of sp³-hybridized carbons (Fsp3) is 1.00. The summed E-state index contributed by atoms with van der Waals surface area (Å²) in [5, 5.41) is 3.52. The van der Waals surface area contributed by atoms with E-state index in [1.807, 2.05) is 0 Å². The van der Waals surface area contributed by atoms with E-state index in [9.17, 15) is 0 Å². The van der Waals surface area contributed by atoms with Crippen LogP contribution < -0.4 is 5.32 Å². The Kier molecular flexibility index (Phi) is 6.85. The van der Waals surface area contributed by atoms with Crippen molar-refractivity contribution in [3.05, 3.63) is 0 Å². The Morgan fingerprint density at radius 1 is 1.47 bits per heavy atom. The molecule has 1 fully saturated rings. The van der Waals surface area contributed by atoms with Gasteiger partial charge in [-0.05, 0) is 26.8 Å². The molecule has 1 unspecified atom stereocenters. The van der Waals surface area contributed by atoms with Gasteiger partial charge in [-0.2, -0.15) is 11.8 Å². The van der Waals surface area contributed by atoms with Crippen molar-refractivity contribution in [2.75, 3.05) is 45.6 Å². The van der Waals surface area contributed by atoms with Crippen LogP contribution in [0.25, 0.3) is 0 Å². The van der Waals surface area contributed by atoms with Gasteiger partial charge in [-0.15, -0.1) is 0 Å². The number of rotatable bonds is 7. The summed E-state index contributed by atoms with van der Waals surface area (Å²) in [4.78, 5) is 2.59. The summed E-state index contributed by atoms with van der Waals surface area (Å²) in [6, 6.07) is 0.520. The fourth-order valence-electron chi connectivity index (χ4n) is 2.30. The van der Waals surface area contributed by atoms with E-state index in [4.69, 9.17) is 4.74 Å². The van der Waals surface area contributed by atoms with Crippen LogP contribution in [-0.2, 0) is 4.74 Å². The van der Waals surface area contributed by atoms with Gasteiger partial charge < -0.3 is 10.1 Å². The molecule has 1 rings (SSSR count). The number of thioether (sulfide) groups is 1. The molecule has 1 atom stereocenters. The summed E-state index contributed by atoms with van der Waals surface area (Å²) in [6.07, 6.45) is 1.20. The van der Waals surface area contributed by atoms with Crippen molar-refractivity contribution in [3.63, 3.8) is 0 Å². The molecule has 0 radical (unpaired) electrons. The highest BCUT2D eigenvalue weighted by atomic mass is 32.2. The third-order valence-electron chi connectivity index (χ3n) is 3.14. The molecule has 1 saturated heterocycles. The standard InChI is InChI=1S/C13H28N2OS/c1-5-6-14-9-12(10-16-4)15-7-8-17-13(2,3)11-15/h12,14H,5-11H2,1-4H3. The van der Waals surface area contributed by atoms with Crippen molar-refractivity contribution in [1.29, 1.82) is 0 Å². The Balaban J connectivity index is 2.44. The molecule has 0 bridgehead atoms. The van der Waals surface area contributed by atoms with Gasteiger partial charge in [0, 0.05) is 43.3 Å². The monoisotopic (exact) mass is 260 g/mol. The Labute approximate surface area is 111 Å². The van der Waals surface area contributed by atoms with E-state index in [0.29, 0.717) is 10.8 Å². The lowest BCUT2D eigenvalue weighted by Crippen LogP contribution is -2.53. The Morgan fingerprint density at radius 3 is 2.82 bits per heavy atom. The third kappa shape index (κ3) is 5.60. The predicted octanol–water partition coefficient (Wildman–Crippen LogP) is 1.83. The van der Waals surface area contributed by atoms with Crippen molar-refractivity contribution < 1.29 is 4.74 Å². The first-order chi connectivity index (χ1) is 8.09. The zero-order valence-corrected chi connectivity index (χ0v) is 12.6. The Hall–Kier alpha value is 0.230. The molecule has 0 saturated carbocycles. The number of methoxy groups -OCH3 is 1. The van der Waals surface area contributed by atoms with Gasteiger partial charge in [-0.3, -0.25) is 4.90 Å². The molecule has 1 aliphatic heterocycles. The van der Waals surface area contributed by atoms with Crippen molar-refractivity contribution in [3.8, 4) is 0 Å². The van der Waals surface area contributed by atoms with Crippen LogP contribution in [0.2, 0.25) is 0 Å². The van der Waals surface area contributed by atoms with Crippen LogP contribution in [0.4, 0.5) is 0 Å². The van der Waals surface area contributed by atoms with Gasteiger partial charge >= 0.3 is 0 Å². The molecule has 1 heterocycles. The minimum Gasteiger partial charge on any atom is -0.383 e. The van der Waals surface area contributed by atoms with Crippen LogP contribution in [0, 0.1) is 0 Å². The van der Waals surface area contributed by atoms with E-state index in [1.165, 1.54) is 25.3 Å². The van der Waals surface area contributed by atoms with E-state index in [-0.39, 0.29) is 0 Å². The normalized spacial score (nSPS) is 22.6. The van der Waals surface area contributed by atoms with Crippen LogP contribution in [0.3, 0.4) is 0 Å². The second-order valence-corrected chi connectivity index (χ2v) is 7.19. The van der Waals surface area contributed by atoms with Crippen molar-refractivity contribution >= 4 is 11.8 Å². The number of hydrogen-bond donors (Lipinski definition) is 1. The zero-order chi connectivity index (χ0) is 12.7. The first-order valence-corrected chi connectivity index (χ1v) is 7.65. The quantitative estimate of drug-likeness (QED) is 0.706. The van der Waals surface area contributed by atoms with Gasteiger partial charge in [0.2, 0.25) is 0 Å². The predicted molar refractivity (Wildman–Crippen MR) is 76.9 cm³/mol. The van der Waals surface area contributed by atoms with Gasteiger partial charge in [-0.25, -0.2) is 0 Å². The lowest BCUT2D eigenvalue weighted by molar-refractivity contribution is 0.0860. The number of ether oxygens (including phenoxy) is 1. The lowest BCUT2D eigenvalue weighted by Gasteiger charge is -2.41. The average molecular weight is 260 g/mol. The number of nitrogens with one attached hydrogen (secondary N) is 1. The summed E-state index contributed by atoms with van der Waals surface area (Å²) in [7, 11) is 1.80. The molecule has 4 heteroatoms. The van der Waals surface area contributed by atoms with Crippen LogP contribution in [-0.4, -0.2) is 61.3 Å². The molecular weight excluding hydrogens is 232 g/mol. The van der Waals surface area contributed by atoms with Gasteiger partial charge in [0.05, 0.1) is 6.61 Å². The minimum atomic E-state index is 0.384. The largest absolute Gasteiger partial charge is 0.383 e. The average Bonchev–Trinajstić information content (AvgIpc) is 2.27. The summed E-state index contributed by atoms with van der Waals surface area (Å²) in [5.74, 6) is 1.24.